The molecule has 8 nitrogen and oxygen atoms in total. The predicted octanol–water partition coefficient (Wildman–Crippen LogP) is 4.51. The van der Waals surface area contributed by atoms with Gasteiger partial charge in [-0.05, 0) is 43.2 Å². The minimum Gasteiger partial charge on any atom is -0.352 e. The molecule has 5 rings (SSSR count). The van der Waals surface area contributed by atoms with Crippen LogP contribution in [0.25, 0.3) is 0 Å². The Kier molecular flexibility index (Phi) is 6.89. The van der Waals surface area contributed by atoms with Crippen molar-refractivity contribution in [3.63, 3.8) is 0 Å². The molecule has 34 heavy (non-hydrogen) atoms. The average molecular weight is 483 g/mol. The van der Waals surface area contributed by atoms with Gasteiger partial charge in [0.2, 0.25) is 17.8 Å². The number of aromatic nitrogens is 4. The van der Waals surface area contributed by atoms with Crippen LogP contribution in [0, 0.1) is 5.82 Å². The third kappa shape index (κ3) is 5.30. The van der Waals surface area contributed by atoms with Crippen LogP contribution in [0.15, 0.2) is 42.6 Å². The van der Waals surface area contributed by atoms with E-state index in [2.05, 4.69) is 25.0 Å². The number of anilines is 5. The molecule has 0 amide bonds. The first-order valence-corrected chi connectivity index (χ1v) is 12.2. The highest BCUT2D eigenvalue weighted by Gasteiger charge is 2.24. The fraction of sp³-hybridized carbons (Fsp3) is 0.417. The zero-order valence-corrected chi connectivity index (χ0v) is 19.8. The van der Waals surface area contributed by atoms with Gasteiger partial charge in [-0.2, -0.15) is 15.0 Å². The molecule has 0 unspecified atom stereocenters. The summed E-state index contributed by atoms with van der Waals surface area (Å²) in [6.45, 7) is 4.83. The van der Waals surface area contributed by atoms with E-state index >= 15 is 0 Å². The summed E-state index contributed by atoms with van der Waals surface area (Å²) < 4.78 is 13.7. The van der Waals surface area contributed by atoms with Crippen LogP contribution in [0.4, 0.5) is 33.7 Å². The lowest BCUT2D eigenvalue weighted by Gasteiger charge is -2.36. The van der Waals surface area contributed by atoms with Crippen LogP contribution in [0.1, 0.15) is 25.7 Å². The topological polar surface area (TPSA) is 73.3 Å². The minimum absolute atomic E-state index is 0.309. The quantitative estimate of drug-likeness (QED) is 0.569. The molecule has 1 N–H and O–H groups in total. The maximum atomic E-state index is 13.7. The Morgan fingerprint density at radius 1 is 0.765 bits per heavy atom. The highest BCUT2D eigenvalue weighted by Crippen LogP contribution is 2.26. The Morgan fingerprint density at radius 2 is 1.44 bits per heavy atom. The molecule has 0 bridgehead atoms. The summed E-state index contributed by atoms with van der Waals surface area (Å²) in [4.78, 5) is 25.3. The van der Waals surface area contributed by atoms with E-state index in [0.29, 0.717) is 28.6 Å². The van der Waals surface area contributed by atoms with Crippen molar-refractivity contribution >= 4 is 41.0 Å². The number of pyridine rings is 1. The van der Waals surface area contributed by atoms with E-state index in [1.807, 2.05) is 12.1 Å². The standard InChI is InChI=1S/C24H28ClFN8/c25-20-9-6-10-27-21(20)32-13-15-34(16-14-32)24-30-22(28-19-8-5-7-18(26)17-19)29-23(31-24)33-11-3-1-2-4-12-33/h5-10,17H,1-4,11-16H2,(H,28,29,30,31). The highest BCUT2D eigenvalue weighted by molar-refractivity contribution is 6.32. The molecule has 2 aliphatic rings. The maximum absolute atomic E-state index is 13.7. The van der Waals surface area contributed by atoms with Gasteiger partial charge >= 0.3 is 0 Å². The van der Waals surface area contributed by atoms with Gasteiger partial charge in [0.15, 0.2) is 0 Å². The number of nitrogens with one attached hydrogen (secondary N) is 1. The molecule has 2 aliphatic heterocycles. The minimum atomic E-state index is -0.309. The van der Waals surface area contributed by atoms with Crippen molar-refractivity contribution in [3.05, 3.63) is 53.4 Å². The molecule has 3 aromatic rings. The van der Waals surface area contributed by atoms with Crippen LogP contribution in [0.5, 0.6) is 0 Å². The van der Waals surface area contributed by atoms with E-state index in [4.69, 9.17) is 26.6 Å². The first-order chi connectivity index (χ1) is 16.7. The first-order valence-electron chi connectivity index (χ1n) is 11.8. The second kappa shape index (κ2) is 10.4. The second-order valence-electron chi connectivity index (χ2n) is 8.58. The molecule has 2 fully saturated rings. The van der Waals surface area contributed by atoms with Gasteiger partial charge in [0.25, 0.3) is 0 Å². The molecule has 0 radical (unpaired) electrons. The van der Waals surface area contributed by atoms with Crippen molar-refractivity contribution in [1.29, 1.82) is 0 Å². The van der Waals surface area contributed by atoms with Crippen LogP contribution in [0.2, 0.25) is 5.02 Å². The van der Waals surface area contributed by atoms with Crippen molar-refractivity contribution < 1.29 is 4.39 Å². The van der Waals surface area contributed by atoms with Gasteiger partial charge in [-0.25, -0.2) is 9.37 Å². The van der Waals surface area contributed by atoms with Gasteiger partial charge in [-0.1, -0.05) is 30.5 Å². The normalized spacial score (nSPS) is 16.9. The Labute approximate surface area is 203 Å². The third-order valence-electron chi connectivity index (χ3n) is 6.18. The van der Waals surface area contributed by atoms with Crippen molar-refractivity contribution in [3.8, 4) is 0 Å². The van der Waals surface area contributed by atoms with Crippen LogP contribution in [-0.2, 0) is 0 Å². The number of hydrogen-bond acceptors (Lipinski definition) is 8. The molecule has 0 atom stereocenters. The Morgan fingerprint density at radius 3 is 2.12 bits per heavy atom. The monoisotopic (exact) mass is 482 g/mol. The van der Waals surface area contributed by atoms with E-state index in [-0.39, 0.29) is 5.82 Å². The summed E-state index contributed by atoms with van der Waals surface area (Å²) >= 11 is 6.35. The first kappa shape index (κ1) is 22.6. The fourth-order valence-corrected chi connectivity index (χ4v) is 4.63. The number of hydrogen-bond donors (Lipinski definition) is 1. The van der Waals surface area contributed by atoms with Crippen LogP contribution < -0.4 is 20.0 Å². The number of piperazine rings is 1. The van der Waals surface area contributed by atoms with E-state index in [1.165, 1.54) is 25.0 Å². The van der Waals surface area contributed by atoms with Crippen molar-refractivity contribution in [2.75, 3.05) is 59.3 Å². The van der Waals surface area contributed by atoms with Crippen molar-refractivity contribution in [1.82, 2.24) is 19.9 Å². The Balaban J connectivity index is 1.39. The van der Waals surface area contributed by atoms with Gasteiger partial charge in [0, 0.05) is 51.2 Å². The zero-order valence-electron chi connectivity index (χ0n) is 19.0. The summed E-state index contributed by atoms with van der Waals surface area (Å²) in [6.07, 6.45) is 6.45. The van der Waals surface area contributed by atoms with Crippen LogP contribution in [-0.4, -0.2) is 59.2 Å². The molecule has 0 saturated carbocycles. The Bertz CT molecular complexity index is 1110. The van der Waals surface area contributed by atoms with E-state index in [0.717, 1.165) is 57.9 Å². The van der Waals surface area contributed by atoms with Crippen molar-refractivity contribution in [2.24, 2.45) is 0 Å². The van der Waals surface area contributed by atoms with Crippen LogP contribution in [0.3, 0.4) is 0 Å². The third-order valence-corrected chi connectivity index (χ3v) is 6.48. The lowest BCUT2D eigenvalue weighted by molar-refractivity contribution is 0.628. The summed E-state index contributed by atoms with van der Waals surface area (Å²) in [5.74, 6) is 2.21. The molecular formula is C24H28ClFN8. The molecule has 0 spiro atoms. The zero-order chi connectivity index (χ0) is 23.3. The summed E-state index contributed by atoms with van der Waals surface area (Å²) in [7, 11) is 0. The Hall–Kier alpha value is -3.20. The molecule has 1 aromatic carbocycles. The molecule has 4 heterocycles. The summed E-state index contributed by atoms with van der Waals surface area (Å²) in [5.41, 5.74) is 0.605. The van der Waals surface area contributed by atoms with Crippen molar-refractivity contribution in [2.45, 2.75) is 25.7 Å². The number of halogens is 2. The summed E-state index contributed by atoms with van der Waals surface area (Å²) in [6, 6.07) is 10.0. The van der Waals surface area contributed by atoms with Gasteiger partial charge in [0.05, 0.1) is 5.02 Å². The van der Waals surface area contributed by atoms with Gasteiger partial charge in [-0.15, -0.1) is 0 Å². The lowest BCUT2D eigenvalue weighted by atomic mass is 10.2. The second-order valence-corrected chi connectivity index (χ2v) is 8.99. The number of nitrogens with zero attached hydrogens (tertiary/aromatic N) is 7. The SMILES string of the molecule is Fc1cccc(Nc2nc(N3CCCCCC3)nc(N3CCN(c4ncccc4Cl)CC3)n2)c1. The molecule has 10 heteroatoms. The molecule has 178 valence electrons. The van der Waals surface area contributed by atoms with Crippen LogP contribution >= 0.6 is 11.6 Å². The van der Waals surface area contributed by atoms with E-state index in [9.17, 15) is 4.39 Å². The molecule has 2 saturated heterocycles. The number of benzene rings is 1. The smallest absolute Gasteiger partial charge is 0.233 e. The molecule has 0 aliphatic carbocycles. The average Bonchev–Trinajstić information content (AvgIpc) is 3.14. The largest absolute Gasteiger partial charge is 0.352 e. The number of rotatable bonds is 5. The summed E-state index contributed by atoms with van der Waals surface area (Å²) in [5, 5.41) is 3.82. The van der Waals surface area contributed by atoms with E-state index in [1.54, 1.807) is 18.3 Å². The van der Waals surface area contributed by atoms with E-state index < -0.39 is 0 Å². The fourth-order valence-electron chi connectivity index (χ4n) is 4.39. The maximum Gasteiger partial charge on any atom is 0.233 e. The van der Waals surface area contributed by atoms with Gasteiger partial charge in [0.1, 0.15) is 11.6 Å². The van der Waals surface area contributed by atoms with Gasteiger partial charge < -0.3 is 20.0 Å². The van der Waals surface area contributed by atoms with Gasteiger partial charge in [-0.3, -0.25) is 0 Å². The highest BCUT2D eigenvalue weighted by atomic mass is 35.5. The molecule has 2 aromatic heterocycles. The molecular weight excluding hydrogens is 455 g/mol. The predicted molar refractivity (Wildman–Crippen MR) is 134 cm³/mol. The lowest BCUT2D eigenvalue weighted by Crippen LogP contribution is -2.47.